The predicted octanol–water partition coefficient (Wildman–Crippen LogP) is 1.15. The molecule has 0 spiro atoms. The van der Waals surface area contributed by atoms with E-state index in [4.69, 9.17) is 10.5 Å². The van der Waals surface area contributed by atoms with Crippen molar-refractivity contribution >= 4 is 5.78 Å². The van der Waals surface area contributed by atoms with Crippen molar-refractivity contribution in [3.63, 3.8) is 0 Å². The van der Waals surface area contributed by atoms with E-state index in [9.17, 15) is 4.79 Å². The fraction of sp³-hybridized carbons (Fsp3) is 0.364. The quantitative estimate of drug-likeness (QED) is 0.780. The number of ketones is 1. The molecular weight excluding hydrogens is 178 g/mol. The molecule has 1 atom stereocenters. The van der Waals surface area contributed by atoms with Gasteiger partial charge in [-0.15, -0.1) is 0 Å². The van der Waals surface area contributed by atoms with Crippen LogP contribution >= 0.6 is 0 Å². The Hall–Kier alpha value is -1.35. The van der Waals surface area contributed by atoms with Gasteiger partial charge < -0.3 is 10.5 Å². The lowest BCUT2D eigenvalue weighted by Gasteiger charge is -2.07. The molecule has 3 nitrogen and oxygen atoms in total. The van der Waals surface area contributed by atoms with Crippen molar-refractivity contribution in [2.75, 3.05) is 7.11 Å². The number of benzene rings is 1. The van der Waals surface area contributed by atoms with Crippen LogP contribution in [0.2, 0.25) is 0 Å². The molecule has 0 aliphatic heterocycles. The van der Waals surface area contributed by atoms with E-state index in [-0.39, 0.29) is 5.78 Å². The van der Waals surface area contributed by atoms with Crippen LogP contribution in [0.25, 0.3) is 0 Å². The van der Waals surface area contributed by atoms with Gasteiger partial charge in [0.1, 0.15) is 11.5 Å². The zero-order chi connectivity index (χ0) is 10.6. The first-order chi connectivity index (χ1) is 6.63. The molecule has 1 aromatic rings. The van der Waals surface area contributed by atoms with Crippen molar-refractivity contribution in [2.24, 2.45) is 5.73 Å². The third kappa shape index (κ3) is 2.85. The Kier molecular flexibility index (Phi) is 3.65. The van der Waals surface area contributed by atoms with Crippen LogP contribution in [-0.4, -0.2) is 18.9 Å². The lowest BCUT2D eigenvalue weighted by Crippen LogP contribution is -2.30. The van der Waals surface area contributed by atoms with Crippen LogP contribution < -0.4 is 10.5 Å². The normalized spacial score (nSPS) is 12.2. The van der Waals surface area contributed by atoms with Gasteiger partial charge in [0.2, 0.25) is 0 Å². The van der Waals surface area contributed by atoms with E-state index in [2.05, 4.69) is 0 Å². The third-order valence-corrected chi connectivity index (χ3v) is 2.14. The van der Waals surface area contributed by atoms with Crippen LogP contribution in [0.5, 0.6) is 5.75 Å². The molecule has 0 radical (unpaired) electrons. The number of methoxy groups -OCH3 is 1. The van der Waals surface area contributed by atoms with E-state index in [1.54, 1.807) is 7.11 Å². The number of hydrogen-bond acceptors (Lipinski definition) is 3. The fourth-order valence-corrected chi connectivity index (χ4v) is 1.16. The molecule has 1 aromatic carbocycles. The monoisotopic (exact) mass is 193 g/mol. The zero-order valence-electron chi connectivity index (χ0n) is 8.49. The summed E-state index contributed by atoms with van der Waals surface area (Å²) in [6.45, 7) is 1.51. The lowest BCUT2D eigenvalue weighted by molar-refractivity contribution is -0.118. The fourth-order valence-electron chi connectivity index (χ4n) is 1.16. The first kappa shape index (κ1) is 10.7. The van der Waals surface area contributed by atoms with Gasteiger partial charge in [-0.25, -0.2) is 0 Å². The Balaban J connectivity index is 2.64. The molecule has 0 bridgehead atoms. The lowest BCUT2D eigenvalue weighted by atomic mass is 10.0. The molecule has 0 amide bonds. The SMILES string of the molecule is COc1ccc(C[C@@H](N)C(C)=O)cc1. The highest BCUT2D eigenvalue weighted by molar-refractivity contribution is 5.81. The van der Waals surface area contributed by atoms with Gasteiger partial charge in [-0.2, -0.15) is 0 Å². The predicted molar refractivity (Wildman–Crippen MR) is 55.4 cm³/mol. The molecule has 0 heterocycles. The van der Waals surface area contributed by atoms with Crippen molar-refractivity contribution in [1.82, 2.24) is 0 Å². The Morgan fingerprint density at radius 2 is 2.00 bits per heavy atom. The average molecular weight is 193 g/mol. The maximum atomic E-state index is 10.9. The summed E-state index contributed by atoms with van der Waals surface area (Å²) in [6, 6.07) is 7.16. The molecule has 0 saturated carbocycles. The highest BCUT2D eigenvalue weighted by atomic mass is 16.5. The van der Waals surface area contributed by atoms with E-state index in [0.29, 0.717) is 6.42 Å². The van der Waals surface area contributed by atoms with E-state index >= 15 is 0 Å². The van der Waals surface area contributed by atoms with Crippen LogP contribution in [0.3, 0.4) is 0 Å². The second-order valence-corrected chi connectivity index (χ2v) is 3.27. The van der Waals surface area contributed by atoms with E-state index < -0.39 is 6.04 Å². The highest BCUT2D eigenvalue weighted by Crippen LogP contribution is 2.12. The molecule has 0 unspecified atom stereocenters. The molecule has 14 heavy (non-hydrogen) atoms. The molecule has 0 aliphatic carbocycles. The second-order valence-electron chi connectivity index (χ2n) is 3.27. The number of hydrogen-bond donors (Lipinski definition) is 1. The van der Waals surface area contributed by atoms with Gasteiger partial charge in [-0.1, -0.05) is 12.1 Å². The molecule has 0 aliphatic rings. The second kappa shape index (κ2) is 4.77. The number of carbonyl (C=O) groups excluding carboxylic acids is 1. The molecule has 2 N–H and O–H groups in total. The van der Waals surface area contributed by atoms with E-state index in [0.717, 1.165) is 11.3 Å². The van der Waals surface area contributed by atoms with Gasteiger partial charge in [0.15, 0.2) is 0 Å². The Morgan fingerprint density at radius 3 is 2.43 bits per heavy atom. The number of carbonyl (C=O) groups is 1. The zero-order valence-corrected chi connectivity index (χ0v) is 8.49. The molecule has 0 fully saturated rings. The van der Waals surface area contributed by atoms with E-state index in [1.165, 1.54) is 6.92 Å². The van der Waals surface area contributed by atoms with Crippen LogP contribution in [0.1, 0.15) is 12.5 Å². The van der Waals surface area contributed by atoms with Crippen LogP contribution in [-0.2, 0) is 11.2 Å². The summed E-state index contributed by atoms with van der Waals surface area (Å²) >= 11 is 0. The summed E-state index contributed by atoms with van der Waals surface area (Å²) < 4.78 is 5.02. The topological polar surface area (TPSA) is 52.3 Å². The van der Waals surface area contributed by atoms with Crippen molar-refractivity contribution in [3.8, 4) is 5.75 Å². The number of ether oxygens (including phenoxy) is 1. The third-order valence-electron chi connectivity index (χ3n) is 2.14. The average Bonchev–Trinajstić information content (AvgIpc) is 2.19. The van der Waals surface area contributed by atoms with E-state index in [1.807, 2.05) is 24.3 Å². The Bertz CT molecular complexity index is 306. The summed E-state index contributed by atoms with van der Waals surface area (Å²) in [5.74, 6) is 0.825. The van der Waals surface area contributed by atoms with Gasteiger partial charge in [-0.05, 0) is 31.0 Å². The van der Waals surface area contributed by atoms with Crippen molar-refractivity contribution in [2.45, 2.75) is 19.4 Å². The summed E-state index contributed by atoms with van der Waals surface area (Å²) in [5.41, 5.74) is 6.69. The maximum absolute atomic E-state index is 10.9. The van der Waals surface area contributed by atoms with Gasteiger partial charge in [-0.3, -0.25) is 4.79 Å². The van der Waals surface area contributed by atoms with Gasteiger partial charge in [0, 0.05) is 0 Å². The minimum absolute atomic E-state index is 0.0146. The molecule has 1 rings (SSSR count). The van der Waals surface area contributed by atoms with Gasteiger partial charge in [0.05, 0.1) is 13.2 Å². The first-order valence-corrected chi connectivity index (χ1v) is 4.52. The standard InChI is InChI=1S/C11H15NO2/c1-8(13)11(12)7-9-3-5-10(14-2)6-4-9/h3-6,11H,7,12H2,1-2H3/t11-/m1/s1. The number of nitrogens with two attached hydrogens (primary N) is 1. The Labute approximate surface area is 83.9 Å². The molecule has 0 aromatic heterocycles. The molecule has 3 heteroatoms. The van der Waals surface area contributed by atoms with Crippen LogP contribution in [0.4, 0.5) is 0 Å². The van der Waals surface area contributed by atoms with Crippen LogP contribution in [0.15, 0.2) is 24.3 Å². The van der Waals surface area contributed by atoms with Crippen molar-refractivity contribution < 1.29 is 9.53 Å². The molecular formula is C11H15NO2. The largest absolute Gasteiger partial charge is 0.497 e. The first-order valence-electron chi connectivity index (χ1n) is 4.52. The summed E-state index contributed by atoms with van der Waals surface area (Å²) in [6.07, 6.45) is 0.583. The summed E-state index contributed by atoms with van der Waals surface area (Å²) in [4.78, 5) is 10.9. The maximum Gasteiger partial charge on any atom is 0.146 e. The minimum Gasteiger partial charge on any atom is -0.497 e. The number of Topliss-reactive ketones (excluding diaryl/α,β-unsaturated/α-hetero) is 1. The minimum atomic E-state index is -0.400. The number of rotatable bonds is 4. The van der Waals surface area contributed by atoms with Crippen molar-refractivity contribution in [1.29, 1.82) is 0 Å². The van der Waals surface area contributed by atoms with Crippen LogP contribution in [0, 0.1) is 0 Å². The van der Waals surface area contributed by atoms with Gasteiger partial charge in [0.25, 0.3) is 0 Å². The van der Waals surface area contributed by atoms with Crippen molar-refractivity contribution in [3.05, 3.63) is 29.8 Å². The smallest absolute Gasteiger partial charge is 0.146 e. The Morgan fingerprint density at radius 1 is 1.43 bits per heavy atom. The molecule has 0 saturated heterocycles. The highest BCUT2D eigenvalue weighted by Gasteiger charge is 2.08. The van der Waals surface area contributed by atoms with Gasteiger partial charge >= 0.3 is 0 Å². The summed E-state index contributed by atoms with van der Waals surface area (Å²) in [7, 11) is 1.62. The summed E-state index contributed by atoms with van der Waals surface area (Å²) in [5, 5.41) is 0. The molecule has 76 valence electrons.